The minimum Gasteiger partial charge on any atom is -0.332 e. The van der Waals surface area contributed by atoms with Crippen LogP contribution in [0.1, 0.15) is 0 Å². The summed E-state index contributed by atoms with van der Waals surface area (Å²) in [6.07, 6.45) is 2.05. The lowest BCUT2D eigenvalue weighted by molar-refractivity contribution is 1.46. The zero-order valence-electron chi connectivity index (χ0n) is 10.3. The third kappa shape index (κ3) is 4.42. The van der Waals surface area contributed by atoms with Crippen molar-refractivity contribution in [2.75, 3.05) is 16.9 Å². The molecule has 2 rings (SSSR count). The fraction of sp³-hybridized carbons (Fsp3) is 0.0714. The maximum Gasteiger partial charge on any atom is 0.175 e. The van der Waals surface area contributed by atoms with E-state index in [0.717, 1.165) is 11.4 Å². The summed E-state index contributed by atoms with van der Waals surface area (Å²) in [5, 5.41) is 7.53. The highest BCUT2D eigenvalue weighted by molar-refractivity contribution is 7.98. The van der Waals surface area contributed by atoms with Crippen LogP contribution in [0.25, 0.3) is 0 Å². The highest BCUT2D eigenvalue weighted by atomic mass is 35.5. The summed E-state index contributed by atoms with van der Waals surface area (Å²) in [5.41, 5.74) is 1.88. The first-order chi connectivity index (χ1) is 9.17. The third-order valence-corrected chi connectivity index (χ3v) is 3.61. The Balaban J connectivity index is 1.99. The number of hydrogen-bond acceptors (Lipinski definition) is 2. The van der Waals surface area contributed by atoms with Gasteiger partial charge in [-0.05, 0) is 60.9 Å². The molecule has 0 atom stereocenters. The van der Waals surface area contributed by atoms with Crippen LogP contribution in [-0.2, 0) is 0 Å². The quantitative estimate of drug-likeness (QED) is 0.624. The lowest BCUT2D eigenvalue weighted by Crippen LogP contribution is -2.18. The molecule has 2 nitrogen and oxygen atoms in total. The molecule has 0 radical (unpaired) electrons. The van der Waals surface area contributed by atoms with Crippen LogP contribution in [0, 0.1) is 0 Å². The van der Waals surface area contributed by atoms with E-state index in [9.17, 15) is 0 Å². The molecule has 2 N–H and O–H groups in total. The zero-order valence-corrected chi connectivity index (χ0v) is 12.7. The first-order valence-corrected chi connectivity index (χ1v) is 7.66. The first-order valence-electron chi connectivity index (χ1n) is 5.65. The molecule has 0 aromatic heterocycles. The molecule has 0 fully saturated rings. The van der Waals surface area contributed by atoms with Crippen LogP contribution in [0.5, 0.6) is 0 Å². The Labute approximate surface area is 127 Å². The molecule has 0 aliphatic rings. The molecule has 0 bridgehead atoms. The topological polar surface area (TPSA) is 24.1 Å². The summed E-state index contributed by atoms with van der Waals surface area (Å²) in [6, 6.07) is 15.5. The Bertz CT molecular complexity index is 570. The van der Waals surface area contributed by atoms with Crippen LogP contribution in [0.3, 0.4) is 0 Å². The summed E-state index contributed by atoms with van der Waals surface area (Å²) >= 11 is 12.8. The van der Waals surface area contributed by atoms with Gasteiger partial charge in [-0.3, -0.25) is 0 Å². The molecule has 0 aliphatic carbocycles. The van der Waals surface area contributed by atoms with Crippen molar-refractivity contribution < 1.29 is 0 Å². The smallest absolute Gasteiger partial charge is 0.175 e. The normalized spacial score (nSPS) is 10.0. The number of nitrogens with one attached hydrogen (secondary N) is 2. The second-order valence-electron chi connectivity index (χ2n) is 3.82. The number of hydrogen-bond donors (Lipinski definition) is 2. The molecule has 2 aromatic rings. The Morgan fingerprint density at radius 1 is 1.05 bits per heavy atom. The maximum absolute atomic E-state index is 5.83. The third-order valence-electron chi connectivity index (χ3n) is 2.43. The van der Waals surface area contributed by atoms with Crippen molar-refractivity contribution in [3.05, 3.63) is 53.6 Å². The van der Waals surface area contributed by atoms with Crippen LogP contribution in [0.4, 0.5) is 11.4 Å². The molecular formula is C14H13ClN2S2. The van der Waals surface area contributed by atoms with Gasteiger partial charge in [0.05, 0.1) is 0 Å². The number of halogens is 1. The van der Waals surface area contributed by atoms with Crippen LogP contribution in [0.2, 0.25) is 5.02 Å². The number of rotatable bonds is 3. The number of anilines is 2. The van der Waals surface area contributed by atoms with Gasteiger partial charge in [-0.15, -0.1) is 11.8 Å². The van der Waals surface area contributed by atoms with E-state index < -0.39 is 0 Å². The highest BCUT2D eigenvalue weighted by Gasteiger charge is 2.00. The molecule has 19 heavy (non-hydrogen) atoms. The van der Waals surface area contributed by atoms with E-state index in [2.05, 4.69) is 22.8 Å². The second-order valence-corrected chi connectivity index (χ2v) is 5.54. The van der Waals surface area contributed by atoms with Gasteiger partial charge in [0.15, 0.2) is 5.11 Å². The molecule has 2 aromatic carbocycles. The van der Waals surface area contributed by atoms with E-state index in [-0.39, 0.29) is 0 Å². The number of thiocarbonyl (C=S) groups is 1. The molecule has 0 heterocycles. The van der Waals surface area contributed by atoms with Crippen molar-refractivity contribution in [2.24, 2.45) is 0 Å². The minimum absolute atomic E-state index is 0.556. The Hall–Kier alpha value is -1.23. The van der Waals surface area contributed by atoms with E-state index in [0.29, 0.717) is 10.1 Å². The van der Waals surface area contributed by atoms with Crippen molar-refractivity contribution >= 4 is 52.1 Å². The lowest BCUT2D eigenvalue weighted by Gasteiger charge is -2.11. The van der Waals surface area contributed by atoms with Crippen molar-refractivity contribution in [2.45, 2.75) is 4.90 Å². The molecule has 98 valence electrons. The van der Waals surface area contributed by atoms with Gasteiger partial charge >= 0.3 is 0 Å². The fourth-order valence-electron chi connectivity index (χ4n) is 1.53. The maximum atomic E-state index is 5.83. The van der Waals surface area contributed by atoms with E-state index in [1.54, 1.807) is 11.8 Å². The van der Waals surface area contributed by atoms with Gasteiger partial charge in [0.1, 0.15) is 0 Å². The summed E-state index contributed by atoms with van der Waals surface area (Å²) in [4.78, 5) is 1.19. The van der Waals surface area contributed by atoms with Crippen molar-refractivity contribution in [3.63, 3.8) is 0 Å². The standard InChI is InChI=1S/C14H13ClN2S2/c1-19-13-4-2-3-12(9-13)17-14(18)16-11-7-5-10(15)6-8-11/h2-9H,1H3,(H2,16,17,18). The van der Waals surface area contributed by atoms with Crippen LogP contribution < -0.4 is 10.6 Å². The summed E-state index contributed by atoms with van der Waals surface area (Å²) in [7, 11) is 0. The van der Waals surface area contributed by atoms with Gasteiger partial charge in [-0.1, -0.05) is 17.7 Å². The SMILES string of the molecule is CSc1cccc(NC(=S)Nc2ccc(Cl)cc2)c1. The van der Waals surface area contributed by atoms with Crippen molar-refractivity contribution in [1.29, 1.82) is 0 Å². The molecule has 0 saturated carbocycles. The number of thioether (sulfide) groups is 1. The van der Waals surface area contributed by atoms with Gasteiger partial charge in [0.25, 0.3) is 0 Å². The molecular weight excluding hydrogens is 296 g/mol. The van der Waals surface area contributed by atoms with Gasteiger partial charge in [0, 0.05) is 21.3 Å². The molecule has 0 aliphatic heterocycles. The molecule has 0 spiro atoms. The monoisotopic (exact) mass is 308 g/mol. The predicted molar refractivity (Wildman–Crippen MR) is 89.5 cm³/mol. The summed E-state index contributed by atoms with van der Waals surface area (Å²) in [6.45, 7) is 0. The van der Waals surface area contributed by atoms with Gasteiger partial charge in [-0.25, -0.2) is 0 Å². The predicted octanol–water partition coefficient (Wildman–Crippen LogP) is 4.87. The minimum atomic E-state index is 0.556. The first kappa shape index (κ1) is 14.2. The molecule has 0 unspecified atom stereocenters. The van der Waals surface area contributed by atoms with Gasteiger partial charge in [-0.2, -0.15) is 0 Å². The molecule has 0 amide bonds. The summed E-state index contributed by atoms with van der Waals surface area (Å²) < 4.78 is 0. The van der Waals surface area contributed by atoms with Crippen LogP contribution in [0.15, 0.2) is 53.4 Å². The van der Waals surface area contributed by atoms with E-state index in [4.69, 9.17) is 23.8 Å². The van der Waals surface area contributed by atoms with E-state index in [1.807, 2.05) is 42.7 Å². The van der Waals surface area contributed by atoms with Crippen molar-refractivity contribution in [3.8, 4) is 0 Å². The summed E-state index contributed by atoms with van der Waals surface area (Å²) in [5.74, 6) is 0. The molecule has 5 heteroatoms. The largest absolute Gasteiger partial charge is 0.332 e. The average Bonchev–Trinajstić information content (AvgIpc) is 2.41. The van der Waals surface area contributed by atoms with Crippen LogP contribution in [-0.4, -0.2) is 11.4 Å². The van der Waals surface area contributed by atoms with E-state index >= 15 is 0 Å². The second kappa shape index (κ2) is 6.80. The lowest BCUT2D eigenvalue weighted by atomic mass is 10.3. The zero-order chi connectivity index (χ0) is 13.7. The Kier molecular flexibility index (Phi) is 5.07. The Morgan fingerprint density at radius 2 is 1.74 bits per heavy atom. The highest BCUT2D eigenvalue weighted by Crippen LogP contribution is 2.19. The van der Waals surface area contributed by atoms with Crippen molar-refractivity contribution in [1.82, 2.24) is 0 Å². The number of benzene rings is 2. The fourth-order valence-corrected chi connectivity index (χ4v) is 2.35. The van der Waals surface area contributed by atoms with Gasteiger partial charge < -0.3 is 10.6 Å². The van der Waals surface area contributed by atoms with E-state index in [1.165, 1.54) is 4.90 Å². The van der Waals surface area contributed by atoms with Crippen LogP contribution >= 0.6 is 35.6 Å². The average molecular weight is 309 g/mol. The Morgan fingerprint density at radius 3 is 2.42 bits per heavy atom. The molecule has 0 saturated heterocycles. The van der Waals surface area contributed by atoms with Gasteiger partial charge in [0.2, 0.25) is 0 Å².